The van der Waals surface area contributed by atoms with Gasteiger partial charge in [-0.15, -0.1) is 0 Å². The Kier molecular flexibility index (Phi) is 19.0. The van der Waals surface area contributed by atoms with E-state index in [1.807, 2.05) is 27.7 Å². The molecule has 0 amide bonds. The maximum absolute atomic E-state index is 13.6. The smallest absolute Gasteiger partial charge is 0.343 e. The van der Waals surface area contributed by atoms with Crippen LogP contribution < -0.4 is 9.47 Å². The number of rotatable bonds is 26. The van der Waals surface area contributed by atoms with Gasteiger partial charge in [-0.2, -0.15) is 0 Å². The van der Waals surface area contributed by atoms with Crippen LogP contribution in [0.25, 0.3) is 0 Å². The molecule has 348 valence electrons. The topological polar surface area (TPSA) is 202 Å². The summed E-state index contributed by atoms with van der Waals surface area (Å²) in [6.07, 6.45) is 15.9. The minimum absolute atomic E-state index is 0.0958. The van der Waals surface area contributed by atoms with Crippen LogP contribution in [0.15, 0.2) is 60.7 Å². The maximum Gasteiger partial charge on any atom is 0.343 e. The number of hydrogen-bond acceptors (Lipinski definition) is 8. The zero-order valence-electron chi connectivity index (χ0n) is 38.6. The van der Waals surface area contributed by atoms with Gasteiger partial charge in [-0.1, -0.05) is 136 Å². The summed E-state index contributed by atoms with van der Waals surface area (Å²) in [4.78, 5) is 74.4. The number of carbonyl (C=O) groups excluding carboxylic acids is 2. The number of unbranched alkanes of at least 4 members (excludes halogenated alkanes) is 10. The first-order chi connectivity index (χ1) is 31.0. The molecular weight excluding hydrogens is 829 g/mol. The van der Waals surface area contributed by atoms with Crippen LogP contribution in [0.2, 0.25) is 0 Å². The van der Waals surface area contributed by atoms with Crippen LogP contribution in [0.3, 0.4) is 0 Å². The molecule has 0 aliphatic carbocycles. The third-order valence-corrected chi connectivity index (χ3v) is 12.4. The summed E-state index contributed by atoms with van der Waals surface area (Å²) in [6, 6.07) is 14.9. The lowest BCUT2D eigenvalue weighted by molar-refractivity contribution is 0.0650. The lowest BCUT2D eigenvalue weighted by Gasteiger charge is -2.34. The van der Waals surface area contributed by atoms with Crippen molar-refractivity contribution in [3.8, 4) is 11.5 Å². The van der Waals surface area contributed by atoms with Gasteiger partial charge in [0, 0.05) is 5.41 Å². The molecule has 4 N–H and O–H groups in total. The average Bonchev–Trinajstić information content (AvgIpc) is 3.29. The Balaban J connectivity index is 1.76. The van der Waals surface area contributed by atoms with E-state index < -0.39 is 63.5 Å². The second-order valence-electron chi connectivity index (χ2n) is 16.8. The molecule has 0 aromatic heterocycles. The highest BCUT2D eigenvalue weighted by molar-refractivity contribution is 6.05. The average molecular weight is 893 g/mol. The monoisotopic (exact) mass is 892 g/mol. The Labute approximate surface area is 382 Å². The van der Waals surface area contributed by atoms with Gasteiger partial charge in [0.15, 0.2) is 0 Å². The molecule has 0 atom stereocenters. The minimum Gasteiger partial charge on any atom is -0.478 e. The van der Waals surface area contributed by atoms with E-state index in [2.05, 4.69) is 38.1 Å². The van der Waals surface area contributed by atoms with E-state index in [0.29, 0.717) is 37.2 Å². The van der Waals surface area contributed by atoms with E-state index in [-0.39, 0.29) is 11.1 Å². The van der Waals surface area contributed by atoms with Crippen LogP contribution in [-0.2, 0) is 31.1 Å². The van der Waals surface area contributed by atoms with E-state index in [9.17, 15) is 49.2 Å². The summed E-state index contributed by atoms with van der Waals surface area (Å²) < 4.78 is 12.1. The predicted octanol–water partition coefficient (Wildman–Crippen LogP) is 12.2. The molecule has 65 heavy (non-hydrogen) atoms. The Bertz CT molecular complexity index is 2180. The third-order valence-electron chi connectivity index (χ3n) is 12.4. The molecule has 0 radical (unpaired) electrons. The number of benzene rings is 4. The maximum atomic E-state index is 13.6. The zero-order chi connectivity index (χ0) is 47.8. The number of ether oxygens (including phenoxy) is 2. The van der Waals surface area contributed by atoms with Gasteiger partial charge in [0.2, 0.25) is 0 Å². The number of carboxylic acids is 4. The van der Waals surface area contributed by atoms with Crippen LogP contribution >= 0.6 is 0 Å². The summed E-state index contributed by atoms with van der Waals surface area (Å²) in [5.74, 6) is -6.70. The van der Waals surface area contributed by atoms with E-state index >= 15 is 0 Å². The van der Waals surface area contributed by atoms with Gasteiger partial charge in [-0.25, -0.2) is 28.8 Å². The third kappa shape index (κ3) is 12.9. The quantitative estimate of drug-likeness (QED) is 0.0264. The van der Waals surface area contributed by atoms with Crippen molar-refractivity contribution in [1.29, 1.82) is 0 Å². The van der Waals surface area contributed by atoms with Crippen LogP contribution in [-0.4, -0.2) is 56.2 Å². The molecule has 0 spiro atoms. The number of esters is 2. The molecule has 4 rings (SSSR count). The van der Waals surface area contributed by atoms with Crippen molar-refractivity contribution in [3.63, 3.8) is 0 Å². The molecule has 12 heteroatoms. The van der Waals surface area contributed by atoms with Crippen molar-refractivity contribution in [2.75, 3.05) is 0 Å². The van der Waals surface area contributed by atoms with Crippen molar-refractivity contribution in [2.45, 2.75) is 150 Å². The van der Waals surface area contributed by atoms with E-state index in [1.54, 1.807) is 0 Å². The Morgan fingerprint density at radius 3 is 1.03 bits per heavy atom. The van der Waals surface area contributed by atoms with Crippen molar-refractivity contribution < 1.29 is 58.7 Å². The van der Waals surface area contributed by atoms with Crippen LogP contribution in [0.5, 0.6) is 11.5 Å². The van der Waals surface area contributed by atoms with Gasteiger partial charge in [-0.3, -0.25) is 0 Å². The fourth-order valence-corrected chi connectivity index (χ4v) is 8.43. The van der Waals surface area contributed by atoms with Gasteiger partial charge in [0.1, 0.15) is 11.5 Å². The van der Waals surface area contributed by atoms with Crippen molar-refractivity contribution in [3.05, 3.63) is 127 Å². The lowest BCUT2D eigenvalue weighted by Crippen LogP contribution is -2.26. The summed E-state index contributed by atoms with van der Waals surface area (Å²) in [5.41, 5.74) is 2.40. The Morgan fingerprint density at radius 2 is 0.738 bits per heavy atom. The highest BCUT2D eigenvalue weighted by Gasteiger charge is 2.33. The standard InChI is InChI=1S/C53H64O12/c1-7-12-13-14-15-16-17-18-19-20-21-26-53(6,39-27-33(8-2)45(34(9-3)28-39)64-51(62)37-22-24-41(47(54)55)43(31-37)49(58)59)40-29-35(10-4)46(36(11-5)30-40)65-52(63)38-23-25-42(48(56)57)44(32-38)50(60)61/h22-25,27-32H,7-21,26H2,1-6H3,(H,54,55)(H,56,57)(H,58,59)(H,60,61). The zero-order valence-corrected chi connectivity index (χ0v) is 38.6. The molecule has 0 unspecified atom stereocenters. The molecule has 0 heterocycles. The fraction of sp³-hybridized carbons (Fsp3) is 0.434. The van der Waals surface area contributed by atoms with Gasteiger partial charge in [0.05, 0.1) is 33.4 Å². The summed E-state index contributed by atoms with van der Waals surface area (Å²) in [5, 5.41) is 38.3. The van der Waals surface area contributed by atoms with Crippen molar-refractivity contribution in [2.24, 2.45) is 0 Å². The first-order valence-corrected chi connectivity index (χ1v) is 23.0. The molecule has 4 aromatic rings. The molecule has 0 aliphatic heterocycles. The van der Waals surface area contributed by atoms with Crippen molar-refractivity contribution in [1.82, 2.24) is 0 Å². The Morgan fingerprint density at radius 1 is 0.431 bits per heavy atom. The lowest BCUT2D eigenvalue weighted by atomic mass is 9.70. The largest absolute Gasteiger partial charge is 0.478 e. The number of carboxylic acid groups (broad SMARTS) is 4. The van der Waals surface area contributed by atoms with Gasteiger partial charge >= 0.3 is 35.8 Å². The summed E-state index contributed by atoms with van der Waals surface area (Å²) in [7, 11) is 0. The summed E-state index contributed by atoms with van der Waals surface area (Å²) >= 11 is 0. The number of hydrogen-bond donors (Lipinski definition) is 4. The van der Waals surface area contributed by atoms with E-state index in [1.165, 1.54) is 63.5 Å². The van der Waals surface area contributed by atoms with E-state index in [0.717, 1.165) is 83.3 Å². The number of aryl methyl sites for hydroxylation is 4. The minimum atomic E-state index is -1.48. The number of aromatic carboxylic acids is 4. The highest BCUT2D eigenvalue weighted by atomic mass is 16.5. The molecule has 12 nitrogen and oxygen atoms in total. The first-order valence-electron chi connectivity index (χ1n) is 23.0. The summed E-state index contributed by atoms with van der Waals surface area (Å²) in [6.45, 7) is 12.3. The van der Waals surface area contributed by atoms with Gasteiger partial charge in [-0.05, 0) is 102 Å². The predicted molar refractivity (Wildman–Crippen MR) is 249 cm³/mol. The van der Waals surface area contributed by atoms with Crippen LogP contribution in [0.1, 0.15) is 214 Å². The molecular formula is C53H64O12. The van der Waals surface area contributed by atoms with Crippen LogP contribution in [0.4, 0.5) is 0 Å². The molecule has 0 fully saturated rings. The molecule has 0 saturated heterocycles. The molecule has 0 aliphatic rings. The highest BCUT2D eigenvalue weighted by Crippen LogP contribution is 2.43. The van der Waals surface area contributed by atoms with Gasteiger partial charge < -0.3 is 29.9 Å². The molecule has 4 aromatic carbocycles. The molecule has 0 saturated carbocycles. The molecule has 0 bridgehead atoms. The normalized spacial score (nSPS) is 11.3. The fourth-order valence-electron chi connectivity index (χ4n) is 8.43. The number of carbonyl (C=O) groups is 6. The van der Waals surface area contributed by atoms with Gasteiger partial charge in [0.25, 0.3) is 0 Å². The second kappa shape index (κ2) is 24.1. The van der Waals surface area contributed by atoms with E-state index in [4.69, 9.17) is 9.47 Å². The first kappa shape index (κ1) is 51.3. The van der Waals surface area contributed by atoms with Crippen molar-refractivity contribution >= 4 is 35.8 Å². The Hall–Kier alpha value is -6.30. The second-order valence-corrected chi connectivity index (χ2v) is 16.8. The SMILES string of the molecule is CCCCCCCCCCCCCC(C)(c1cc(CC)c(OC(=O)c2ccc(C(=O)O)c(C(=O)O)c2)c(CC)c1)c1cc(CC)c(OC(=O)c2ccc(C(=O)O)c(C(=O)O)c2)c(CC)c1. The van der Waals surface area contributed by atoms with Crippen LogP contribution in [0, 0.1) is 0 Å².